The molecule has 6 rings (SSSR count). The number of aromatic nitrogens is 1. The quantitative estimate of drug-likeness (QED) is 0.324. The van der Waals surface area contributed by atoms with Crippen molar-refractivity contribution in [3.05, 3.63) is 111 Å². The lowest BCUT2D eigenvalue weighted by atomic mass is 10.0. The van der Waals surface area contributed by atoms with E-state index < -0.39 is 17.3 Å². The van der Waals surface area contributed by atoms with E-state index in [1.807, 2.05) is 77.4 Å². The molecule has 0 radical (unpaired) electrons. The SMILES string of the molecule is Cc1c(N2CCC(N)C2)c(F)c(N(Cc2ccccc2)Cc2ccccc2)n2c(=O)c(C(=O)O)cc(C3CC3)c12. The van der Waals surface area contributed by atoms with Crippen LogP contribution >= 0.6 is 0 Å². The highest BCUT2D eigenvalue weighted by Gasteiger charge is 2.35. The Labute approximate surface area is 232 Å². The molecule has 1 unspecified atom stereocenters. The standard InChI is InChI=1S/C32H33FN4O3/c1-20-28-25(23-12-13-23)16-26(32(39)40)31(38)37(28)30(27(33)29(20)35-15-14-24(34)19-35)36(17-21-8-4-2-5-9-21)18-22-10-6-3-7-11-22/h2-11,16,23-24H,12-15,17-19,34H2,1H3,(H,39,40). The summed E-state index contributed by atoms with van der Waals surface area (Å²) in [6.07, 6.45) is 2.55. The second kappa shape index (κ2) is 10.4. The van der Waals surface area contributed by atoms with Gasteiger partial charge in [-0.15, -0.1) is 0 Å². The molecule has 1 atom stereocenters. The minimum absolute atomic E-state index is 0.0669. The molecule has 2 aromatic carbocycles. The molecule has 206 valence electrons. The number of hydrogen-bond acceptors (Lipinski definition) is 5. The Morgan fingerprint density at radius 1 is 1.02 bits per heavy atom. The lowest BCUT2D eigenvalue weighted by Gasteiger charge is -2.32. The van der Waals surface area contributed by atoms with E-state index in [1.165, 1.54) is 10.5 Å². The summed E-state index contributed by atoms with van der Waals surface area (Å²) in [5.74, 6) is -1.62. The van der Waals surface area contributed by atoms with Crippen LogP contribution in [-0.4, -0.2) is 34.6 Å². The van der Waals surface area contributed by atoms with Crippen molar-refractivity contribution >= 4 is 23.0 Å². The monoisotopic (exact) mass is 540 g/mol. The maximum Gasteiger partial charge on any atom is 0.341 e. The molecule has 7 nitrogen and oxygen atoms in total. The second-order valence-corrected chi connectivity index (χ2v) is 11.0. The third kappa shape index (κ3) is 4.73. The molecule has 0 spiro atoms. The number of nitrogens with two attached hydrogens (primary N) is 1. The molecule has 2 aromatic heterocycles. The van der Waals surface area contributed by atoms with Gasteiger partial charge in [0.1, 0.15) is 5.56 Å². The van der Waals surface area contributed by atoms with Crippen LogP contribution in [0.1, 0.15) is 57.8 Å². The summed E-state index contributed by atoms with van der Waals surface area (Å²) in [6, 6.07) is 20.9. The fourth-order valence-corrected chi connectivity index (χ4v) is 6.02. The molecule has 0 amide bonds. The second-order valence-electron chi connectivity index (χ2n) is 11.0. The molecule has 3 N–H and O–H groups in total. The van der Waals surface area contributed by atoms with Crippen LogP contribution in [0.3, 0.4) is 0 Å². The Kier molecular flexibility index (Phi) is 6.80. The molecule has 3 heterocycles. The normalized spacial score (nSPS) is 17.0. The number of nitrogens with zero attached hydrogens (tertiary/aromatic N) is 3. The molecular formula is C32H33FN4O3. The van der Waals surface area contributed by atoms with E-state index in [-0.39, 0.29) is 23.3 Å². The Hall–Kier alpha value is -4.17. The summed E-state index contributed by atoms with van der Waals surface area (Å²) in [4.78, 5) is 30.0. The van der Waals surface area contributed by atoms with Gasteiger partial charge in [0.15, 0.2) is 11.6 Å². The van der Waals surface area contributed by atoms with Gasteiger partial charge in [0, 0.05) is 37.8 Å². The molecule has 2 fully saturated rings. The summed E-state index contributed by atoms with van der Waals surface area (Å²) in [5.41, 5.74) is 9.56. The van der Waals surface area contributed by atoms with Crippen LogP contribution in [-0.2, 0) is 13.1 Å². The maximum atomic E-state index is 17.1. The van der Waals surface area contributed by atoms with Gasteiger partial charge in [-0.2, -0.15) is 0 Å². The molecule has 1 saturated heterocycles. The zero-order valence-electron chi connectivity index (χ0n) is 22.5. The third-order valence-electron chi connectivity index (χ3n) is 8.08. The van der Waals surface area contributed by atoms with E-state index >= 15 is 4.39 Å². The van der Waals surface area contributed by atoms with Crippen LogP contribution in [0.4, 0.5) is 15.9 Å². The van der Waals surface area contributed by atoms with Gasteiger partial charge in [-0.3, -0.25) is 9.20 Å². The van der Waals surface area contributed by atoms with Gasteiger partial charge in [0.05, 0.1) is 11.2 Å². The van der Waals surface area contributed by atoms with Crippen molar-refractivity contribution in [3.8, 4) is 0 Å². The Balaban J connectivity index is 1.68. The zero-order chi connectivity index (χ0) is 28.0. The molecule has 40 heavy (non-hydrogen) atoms. The topological polar surface area (TPSA) is 91.3 Å². The van der Waals surface area contributed by atoms with E-state index in [1.54, 1.807) is 0 Å². The smallest absolute Gasteiger partial charge is 0.341 e. The Morgan fingerprint density at radius 3 is 2.12 bits per heavy atom. The van der Waals surface area contributed by atoms with Gasteiger partial charge >= 0.3 is 5.97 Å². The highest BCUT2D eigenvalue weighted by molar-refractivity contribution is 5.90. The van der Waals surface area contributed by atoms with E-state index in [9.17, 15) is 14.7 Å². The fourth-order valence-electron chi connectivity index (χ4n) is 6.02. The van der Waals surface area contributed by atoms with Crippen LogP contribution in [0.25, 0.3) is 5.52 Å². The first kappa shape index (κ1) is 26.1. The number of anilines is 2. The van der Waals surface area contributed by atoms with Crippen LogP contribution in [0, 0.1) is 12.7 Å². The van der Waals surface area contributed by atoms with E-state index in [4.69, 9.17) is 5.73 Å². The third-order valence-corrected chi connectivity index (χ3v) is 8.08. The molecule has 2 aliphatic rings. The van der Waals surface area contributed by atoms with Crippen molar-refractivity contribution in [2.45, 2.75) is 51.2 Å². The van der Waals surface area contributed by atoms with Crippen LogP contribution in [0.15, 0.2) is 71.5 Å². The number of carbonyl (C=O) groups is 1. The molecule has 1 aliphatic heterocycles. The van der Waals surface area contributed by atoms with Crippen molar-refractivity contribution < 1.29 is 14.3 Å². The van der Waals surface area contributed by atoms with E-state index in [2.05, 4.69) is 0 Å². The van der Waals surface area contributed by atoms with Gasteiger partial charge in [0.25, 0.3) is 5.56 Å². The van der Waals surface area contributed by atoms with Gasteiger partial charge in [-0.05, 0) is 54.9 Å². The van der Waals surface area contributed by atoms with Gasteiger partial charge < -0.3 is 20.6 Å². The lowest BCUT2D eigenvalue weighted by Crippen LogP contribution is -2.34. The van der Waals surface area contributed by atoms with Crippen LogP contribution in [0.2, 0.25) is 0 Å². The predicted octanol–water partition coefficient (Wildman–Crippen LogP) is 5.07. The first-order chi connectivity index (χ1) is 19.3. The minimum atomic E-state index is -1.31. The van der Waals surface area contributed by atoms with Crippen LogP contribution in [0.5, 0.6) is 0 Å². The average Bonchev–Trinajstić information content (AvgIpc) is 3.70. The van der Waals surface area contributed by atoms with Gasteiger partial charge in [0.2, 0.25) is 0 Å². The number of benzene rings is 2. The highest BCUT2D eigenvalue weighted by Crippen LogP contribution is 2.46. The molecule has 1 saturated carbocycles. The molecule has 8 heteroatoms. The number of hydrogen-bond donors (Lipinski definition) is 2. The zero-order valence-corrected chi connectivity index (χ0v) is 22.5. The minimum Gasteiger partial charge on any atom is -0.477 e. The number of aromatic carboxylic acids is 1. The lowest BCUT2D eigenvalue weighted by molar-refractivity contribution is 0.0694. The summed E-state index contributed by atoms with van der Waals surface area (Å²) in [7, 11) is 0. The van der Waals surface area contributed by atoms with Crippen molar-refractivity contribution in [1.82, 2.24) is 4.40 Å². The number of fused-ring (bicyclic) bond motifs is 1. The van der Waals surface area contributed by atoms with Crippen molar-refractivity contribution in [2.75, 3.05) is 22.9 Å². The number of carboxylic acid groups (broad SMARTS) is 1. The molecule has 4 aromatic rings. The van der Waals surface area contributed by atoms with Gasteiger partial charge in [-0.25, -0.2) is 9.18 Å². The van der Waals surface area contributed by atoms with Crippen molar-refractivity contribution in [1.29, 1.82) is 0 Å². The van der Waals surface area contributed by atoms with Gasteiger partial charge in [-0.1, -0.05) is 60.7 Å². The summed E-state index contributed by atoms with van der Waals surface area (Å²) >= 11 is 0. The first-order valence-corrected chi connectivity index (χ1v) is 13.8. The number of carboxylic acids is 1. The Bertz CT molecular complexity index is 1590. The van der Waals surface area contributed by atoms with E-state index in [0.717, 1.165) is 36.0 Å². The molecule has 0 bridgehead atoms. The first-order valence-electron chi connectivity index (χ1n) is 13.8. The highest BCUT2D eigenvalue weighted by atomic mass is 19.1. The van der Waals surface area contributed by atoms with Crippen molar-refractivity contribution in [3.63, 3.8) is 0 Å². The van der Waals surface area contributed by atoms with E-state index in [0.29, 0.717) is 42.9 Å². The number of rotatable bonds is 8. The largest absolute Gasteiger partial charge is 0.477 e. The Morgan fingerprint density at radius 2 is 1.62 bits per heavy atom. The number of pyridine rings is 2. The molecule has 1 aliphatic carbocycles. The number of halogens is 1. The summed E-state index contributed by atoms with van der Waals surface area (Å²) < 4.78 is 18.5. The fraction of sp³-hybridized carbons (Fsp3) is 0.312. The van der Waals surface area contributed by atoms with Crippen molar-refractivity contribution in [2.24, 2.45) is 5.73 Å². The summed E-state index contributed by atoms with van der Waals surface area (Å²) in [5, 5.41) is 10.0. The average molecular weight is 541 g/mol. The molecular weight excluding hydrogens is 507 g/mol. The number of aryl methyl sites for hydroxylation is 1. The maximum absolute atomic E-state index is 17.1. The predicted molar refractivity (Wildman–Crippen MR) is 155 cm³/mol. The summed E-state index contributed by atoms with van der Waals surface area (Å²) in [6.45, 7) is 3.62. The van der Waals surface area contributed by atoms with Crippen LogP contribution < -0.4 is 21.1 Å².